The number of aryl methyl sites for hydroxylation is 4. The molecule has 0 nitrogen and oxygen atoms in total. The fraction of sp³-hybridized carbons (Fsp3) is 0.250. The van der Waals surface area contributed by atoms with E-state index in [1.54, 1.807) is 0 Å². The Bertz CT molecular complexity index is 652. The molecule has 0 fully saturated rings. The lowest BCUT2D eigenvalue weighted by atomic mass is 9.98. The van der Waals surface area contributed by atoms with Gasteiger partial charge in [-0.2, -0.15) is 0 Å². The molecule has 0 saturated carbocycles. The van der Waals surface area contributed by atoms with Crippen molar-refractivity contribution in [2.75, 3.05) is 0 Å². The fourth-order valence-corrected chi connectivity index (χ4v) is 2.82. The number of hydrogen-bond donors (Lipinski definition) is 0. The van der Waals surface area contributed by atoms with Gasteiger partial charge in [-0.15, -0.1) is 0 Å². The third-order valence-corrected chi connectivity index (χ3v) is 4.16. The molecule has 0 spiro atoms. The quantitative estimate of drug-likeness (QED) is 0.401. The van der Waals surface area contributed by atoms with E-state index in [9.17, 15) is 0 Å². The van der Waals surface area contributed by atoms with E-state index in [-0.39, 0.29) is 0 Å². The van der Waals surface area contributed by atoms with Crippen LogP contribution in [0.5, 0.6) is 0 Å². The molecule has 0 aliphatic rings. The van der Waals surface area contributed by atoms with Crippen LogP contribution in [-0.2, 0) is 6.42 Å². The molecule has 2 rings (SSSR count). The molecule has 0 bridgehead atoms. The Kier molecular flexibility index (Phi) is 5.08. The molecule has 0 aromatic heterocycles. The summed E-state index contributed by atoms with van der Waals surface area (Å²) < 4.78 is 0. The van der Waals surface area contributed by atoms with Crippen molar-refractivity contribution < 1.29 is 0 Å². The largest absolute Gasteiger partial charge is 0.0795 e. The Morgan fingerprint density at radius 2 is 1.57 bits per heavy atom. The summed E-state index contributed by atoms with van der Waals surface area (Å²) in [5, 5.41) is 0. The summed E-state index contributed by atoms with van der Waals surface area (Å²) in [5.41, 5.74) is 7.63. The number of allylic oxidation sites excluding steroid dienone is 1. The highest BCUT2D eigenvalue weighted by Gasteiger charge is 2.02. The van der Waals surface area contributed by atoms with E-state index in [4.69, 9.17) is 12.2 Å². The number of benzene rings is 2. The predicted octanol–water partition coefficient (Wildman–Crippen LogP) is 5.61. The highest BCUT2D eigenvalue weighted by Crippen LogP contribution is 2.18. The van der Waals surface area contributed by atoms with Gasteiger partial charge in [-0.25, -0.2) is 0 Å². The normalized spacial score (nSPS) is 11.0. The summed E-state index contributed by atoms with van der Waals surface area (Å²) >= 11 is 5.52. The van der Waals surface area contributed by atoms with E-state index in [0.29, 0.717) is 0 Å². The Morgan fingerprint density at radius 1 is 1.00 bits per heavy atom. The zero-order chi connectivity index (χ0) is 15.4. The molecule has 21 heavy (non-hydrogen) atoms. The van der Waals surface area contributed by atoms with Crippen LogP contribution in [0.2, 0.25) is 0 Å². The van der Waals surface area contributed by atoms with Gasteiger partial charge in [-0.05, 0) is 61.1 Å². The molecule has 0 saturated heterocycles. The van der Waals surface area contributed by atoms with Gasteiger partial charge < -0.3 is 0 Å². The summed E-state index contributed by atoms with van der Waals surface area (Å²) in [5.74, 6) is 0. The molecule has 0 amide bonds. The Balaban J connectivity index is 2.22. The summed E-state index contributed by atoms with van der Waals surface area (Å²) in [6.07, 6.45) is 5.24. The van der Waals surface area contributed by atoms with Crippen molar-refractivity contribution in [2.45, 2.75) is 34.1 Å². The smallest absolute Gasteiger partial charge is 0.0449 e. The first-order chi connectivity index (χ1) is 10.0. The van der Waals surface area contributed by atoms with E-state index in [2.05, 4.69) is 70.2 Å². The predicted molar refractivity (Wildman–Crippen MR) is 97.2 cm³/mol. The molecule has 108 valence electrons. The molecule has 2 aromatic carbocycles. The van der Waals surface area contributed by atoms with Crippen molar-refractivity contribution in [3.63, 3.8) is 0 Å². The minimum atomic E-state index is 0.886. The molecule has 1 heteroatoms. The van der Waals surface area contributed by atoms with Crippen molar-refractivity contribution in [1.82, 2.24) is 0 Å². The minimum absolute atomic E-state index is 0.886. The van der Waals surface area contributed by atoms with Crippen LogP contribution >= 0.6 is 12.2 Å². The van der Waals surface area contributed by atoms with Gasteiger partial charge in [0.2, 0.25) is 0 Å². The summed E-state index contributed by atoms with van der Waals surface area (Å²) in [7, 11) is 0. The van der Waals surface area contributed by atoms with Crippen molar-refractivity contribution in [3.8, 4) is 0 Å². The summed E-state index contributed by atoms with van der Waals surface area (Å²) in [6, 6.07) is 13.0. The van der Waals surface area contributed by atoms with E-state index in [1.165, 1.54) is 27.8 Å². The third-order valence-electron chi connectivity index (χ3n) is 3.79. The number of hydrogen-bond acceptors (Lipinski definition) is 1. The van der Waals surface area contributed by atoms with Gasteiger partial charge in [0.05, 0.1) is 0 Å². The molecule has 2 aromatic rings. The zero-order valence-electron chi connectivity index (χ0n) is 13.2. The zero-order valence-corrected chi connectivity index (χ0v) is 14.1. The molecular formula is C20H22S. The molecule has 0 aliphatic carbocycles. The first kappa shape index (κ1) is 15.7. The highest BCUT2D eigenvalue weighted by molar-refractivity contribution is 7.81. The van der Waals surface area contributed by atoms with Crippen molar-refractivity contribution >= 4 is 23.2 Å². The minimum Gasteiger partial charge on any atom is -0.0795 e. The van der Waals surface area contributed by atoms with Gasteiger partial charge in [-0.1, -0.05) is 67.2 Å². The van der Waals surface area contributed by atoms with Crippen LogP contribution in [0.1, 0.15) is 40.3 Å². The lowest BCUT2D eigenvalue weighted by molar-refractivity contribution is 1.14. The van der Waals surface area contributed by atoms with Crippen LogP contribution in [0.25, 0.3) is 6.08 Å². The lowest BCUT2D eigenvalue weighted by Gasteiger charge is -2.07. The molecule has 0 unspecified atom stereocenters. The first-order valence-electron chi connectivity index (χ1n) is 7.40. The van der Waals surface area contributed by atoms with Crippen LogP contribution in [0.3, 0.4) is 0 Å². The lowest BCUT2D eigenvalue weighted by Crippen LogP contribution is -1.94. The molecule has 0 heterocycles. The monoisotopic (exact) mass is 294 g/mol. The Labute approximate surface area is 133 Å². The van der Waals surface area contributed by atoms with Gasteiger partial charge in [0.15, 0.2) is 0 Å². The van der Waals surface area contributed by atoms with Crippen LogP contribution in [-0.4, -0.2) is 4.86 Å². The second-order valence-electron chi connectivity index (χ2n) is 5.56. The van der Waals surface area contributed by atoms with Gasteiger partial charge in [-0.3, -0.25) is 0 Å². The van der Waals surface area contributed by atoms with Crippen molar-refractivity contribution in [2.24, 2.45) is 0 Å². The average Bonchev–Trinajstić information content (AvgIpc) is 2.46. The van der Waals surface area contributed by atoms with Gasteiger partial charge in [0, 0.05) is 4.86 Å². The maximum Gasteiger partial charge on any atom is 0.0449 e. The average molecular weight is 294 g/mol. The number of thiocarbonyl (C=S) groups is 1. The standard InChI is InChI=1S/C20H22S/c1-5-17-6-8-18(9-7-17)20(21)11-10-19-15(3)12-14(2)13-16(19)4/h6-13H,5H2,1-4H3. The second-order valence-corrected chi connectivity index (χ2v) is 6.00. The Morgan fingerprint density at radius 3 is 2.10 bits per heavy atom. The maximum absolute atomic E-state index is 5.52. The van der Waals surface area contributed by atoms with Crippen molar-refractivity contribution in [3.05, 3.63) is 75.9 Å². The van der Waals surface area contributed by atoms with Crippen LogP contribution in [0.15, 0.2) is 42.5 Å². The van der Waals surface area contributed by atoms with Gasteiger partial charge in [0.1, 0.15) is 0 Å². The van der Waals surface area contributed by atoms with Crippen LogP contribution in [0.4, 0.5) is 0 Å². The van der Waals surface area contributed by atoms with Gasteiger partial charge in [0.25, 0.3) is 0 Å². The third kappa shape index (κ3) is 3.89. The summed E-state index contributed by atoms with van der Waals surface area (Å²) in [4.78, 5) is 0.886. The fourth-order valence-electron chi connectivity index (χ4n) is 2.61. The second kappa shape index (κ2) is 6.82. The topological polar surface area (TPSA) is 0 Å². The van der Waals surface area contributed by atoms with E-state index in [0.717, 1.165) is 16.8 Å². The first-order valence-corrected chi connectivity index (χ1v) is 7.81. The number of rotatable bonds is 4. The molecule has 0 N–H and O–H groups in total. The molecule has 0 radical (unpaired) electrons. The maximum atomic E-state index is 5.52. The van der Waals surface area contributed by atoms with Gasteiger partial charge >= 0.3 is 0 Å². The molecule has 0 aliphatic heterocycles. The highest BCUT2D eigenvalue weighted by atomic mass is 32.1. The molecule has 0 atom stereocenters. The SMILES string of the molecule is CCc1ccc(C(=S)C=Cc2c(C)cc(C)cc2C)cc1. The van der Waals surface area contributed by atoms with E-state index in [1.807, 2.05) is 6.08 Å². The Hall–Kier alpha value is -1.73. The van der Waals surface area contributed by atoms with Crippen molar-refractivity contribution in [1.29, 1.82) is 0 Å². The molecular weight excluding hydrogens is 272 g/mol. The van der Waals surface area contributed by atoms with E-state index < -0.39 is 0 Å². The van der Waals surface area contributed by atoms with E-state index >= 15 is 0 Å². The van der Waals surface area contributed by atoms with Crippen LogP contribution in [0, 0.1) is 20.8 Å². The van der Waals surface area contributed by atoms with Crippen LogP contribution < -0.4 is 0 Å². The summed E-state index contributed by atoms with van der Waals surface area (Å²) in [6.45, 7) is 8.60.